The number of nitrogens with zero attached hydrogens (tertiary/aromatic N) is 1. The van der Waals surface area contributed by atoms with Gasteiger partial charge in [-0.2, -0.15) is 5.26 Å². The average Bonchev–Trinajstić information content (AvgIpc) is 2.58. The van der Waals surface area contributed by atoms with E-state index < -0.39 is 0 Å². The number of benzene rings is 2. The zero-order chi connectivity index (χ0) is 16.5. The molecular weight excluding hydrogens is 288 g/mol. The Morgan fingerprint density at radius 3 is 2.70 bits per heavy atom. The van der Waals surface area contributed by atoms with E-state index in [4.69, 9.17) is 10.00 Å². The predicted molar refractivity (Wildman–Crippen MR) is 87.5 cm³/mol. The molecule has 0 spiro atoms. The van der Waals surface area contributed by atoms with E-state index in [2.05, 4.69) is 23.2 Å². The molecule has 0 bridgehead atoms. The van der Waals surface area contributed by atoms with Gasteiger partial charge in [0, 0.05) is 12.5 Å². The summed E-state index contributed by atoms with van der Waals surface area (Å²) in [5.74, 6) is 6.17. The highest BCUT2D eigenvalue weighted by atomic mass is 16.5. The van der Waals surface area contributed by atoms with Crippen molar-refractivity contribution in [1.82, 2.24) is 5.32 Å². The highest BCUT2D eigenvalue weighted by Gasteiger charge is 2.04. The number of amides is 1. The van der Waals surface area contributed by atoms with Crippen molar-refractivity contribution in [2.45, 2.75) is 13.5 Å². The number of hydrogen-bond donors (Lipinski definition) is 1. The molecule has 0 atom stereocenters. The number of ether oxygens (including phenoxy) is 1. The van der Waals surface area contributed by atoms with E-state index in [0.717, 1.165) is 11.1 Å². The third-order valence-corrected chi connectivity index (χ3v) is 3.00. The molecule has 23 heavy (non-hydrogen) atoms. The zero-order valence-electron chi connectivity index (χ0n) is 12.8. The first-order valence-electron chi connectivity index (χ1n) is 7.13. The molecular formula is C19H16N2O2. The minimum atomic E-state index is -0.119. The van der Waals surface area contributed by atoms with E-state index in [-0.39, 0.29) is 12.5 Å². The minimum absolute atomic E-state index is 0.119. The number of carbonyl (C=O) groups is 1. The molecule has 0 aliphatic carbocycles. The lowest BCUT2D eigenvalue weighted by Crippen LogP contribution is -2.19. The Morgan fingerprint density at radius 2 is 2.00 bits per heavy atom. The van der Waals surface area contributed by atoms with E-state index in [0.29, 0.717) is 17.9 Å². The Balaban J connectivity index is 2.09. The largest absolute Gasteiger partial charge is 0.487 e. The maximum Gasteiger partial charge on any atom is 0.217 e. The van der Waals surface area contributed by atoms with E-state index in [1.54, 1.807) is 18.2 Å². The van der Waals surface area contributed by atoms with E-state index in [9.17, 15) is 4.79 Å². The van der Waals surface area contributed by atoms with Crippen LogP contribution in [-0.2, 0) is 11.4 Å². The molecule has 0 saturated carbocycles. The van der Waals surface area contributed by atoms with Crippen LogP contribution in [-0.4, -0.2) is 12.5 Å². The maximum absolute atomic E-state index is 10.8. The fourth-order valence-corrected chi connectivity index (χ4v) is 1.86. The van der Waals surface area contributed by atoms with Crippen LogP contribution < -0.4 is 10.1 Å². The molecule has 1 N–H and O–H groups in total. The summed E-state index contributed by atoms with van der Waals surface area (Å²) < 4.78 is 5.74. The van der Waals surface area contributed by atoms with Crippen LogP contribution in [0.5, 0.6) is 5.75 Å². The third kappa shape index (κ3) is 5.22. The van der Waals surface area contributed by atoms with Crippen molar-refractivity contribution in [3.8, 4) is 23.7 Å². The van der Waals surface area contributed by atoms with Crippen LogP contribution in [0.1, 0.15) is 23.6 Å². The number of hydrogen-bond acceptors (Lipinski definition) is 3. The average molecular weight is 304 g/mol. The second-order valence-electron chi connectivity index (χ2n) is 4.81. The van der Waals surface area contributed by atoms with Crippen molar-refractivity contribution in [3.05, 3.63) is 65.2 Å². The van der Waals surface area contributed by atoms with Crippen molar-refractivity contribution < 1.29 is 9.53 Å². The highest BCUT2D eigenvalue weighted by molar-refractivity contribution is 5.73. The smallest absolute Gasteiger partial charge is 0.217 e. The van der Waals surface area contributed by atoms with Gasteiger partial charge in [-0.1, -0.05) is 42.2 Å². The Hall–Kier alpha value is -3.24. The van der Waals surface area contributed by atoms with E-state index in [1.807, 2.05) is 30.3 Å². The first-order valence-corrected chi connectivity index (χ1v) is 7.13. The summed E-state index contributed by atoms with van der Waals surface area (Å²) in [4.78, 5) is 10.8. The molecule has 0 radical (unpaired) electrons. The van der Waals surface area contributed by atoms with Gasteiger partial charge in [-0.25, -0.2) is 0 Å². The Morgan fingerprint density at radius 1 is 1.22 bits per heavy atom. The summed E-state index contributed by atoms with van der Waals surface area (Å²) in [6.07, 6.45) is 0. The normalized spacial score (nSPS) is 9.22. The van der Waals surface area contributed by atoms with Crippen LogP contribution >= 0.6 is 0 Å². The number of nitriles is 1. The molecule has 0 aliphatic rings. The molecule has 114 valence electrons. The standard InChI is InChI=1S/C19H16N2O2/c1-15(22)21-11-5-8-16-9-10-18(13-20)19(12-16)23-14-17-6-3-2-4-7-17/h2-4,6-7,9-10,12H,11,14H2,1H3,(H,21,22). The molecule has 0 fully saturated rings. The quantitative estimate of drug-likeness (QED) is 0.883. The van der Waals surface area contributed by atoms with Gasteiger partial charge in [0.05, 0.1) is 12.1 Å². The molecule has 0 aromatic heterocycles. The fourth-order valence-electron chi connectivity index (χ4n) is 1.86. The van der Waals surface area contributed by atoms with Crippen molar-refractivity contribution in [2.24, 2.45) is 0 Å². The summed E-state index contributed by atoms with van der Waals surface area (Å²) >= 11 is 0. The monoisotopic (exact) mass is 304 g/mol. The van der Waals surface area contributed by atoms with Gasteiger partial charge in [-0.15, -0.1) is 0 Å². The van der Waals surface area contributed by atoms with Crippen LogP contribution in [0.4, 0.5) is 0 Å². The molecule has 0 saturated heterocycles. The van der Waals surface area contributed by atoms with Crippen molar-refractivity contribution >= 4 is 5.91 Å². The Bertz CT molecular complexity index is 780. The van der Waals surface area contributed by atoms with Gasteiger partial charge in [-0.3, -0.25) is 4.79 Å². The van der Waals surface area contributed by atoms with Gasteiger partial charge in [0.25, 0.3) is 0 Å². The van der Waals surface area contributed by atoms with Gasteiger partial charge >= 0.3 is 0 Å². The van der Waals surface area contributed by atoms with Crippen molar-refractivity contribution in [2.75, 3.05) is 6.54 Å². The highest BCUT2D eigenvalue weighted by Crippen LogP contribution is 2.20. The fraction of sp³-hybridized carbons (Fsp3) is 0.158. The molecule has 0 aliphatic heterocycles. The van der Waals surface area contributed by atoms with Gasteiger partial charge < -0.3 is 10.1 Å². The molecule has 2 rings (SSSR count). The van der Waals surface area contributed by atoms with Crippen LogP contribution in [0.2, 0.25) is 0 Å². The maximum atomic E-state index is 10.8. The van der Waals surface area contributed by atoms with Gasteiger partial charge in [0.1, 0.15) is 18.4 Å². The van der Waals surface area contributed by atoms with Crippen LogP contribution in [0.15, 0.2) is 48.5 Å². The molecule has 2 aromatic rings. The first kappa shape index (κ1) is 16.1. The molecule has 4 nitrogen and oxygen atoms in total. The Labute approximate surface area is 135 Å². The summed E-state index contributed by atoms with van der Waals surface area (Å²) in [6.45, 7) is 2.12. The first-order chi connectivity index (χ1) is 11.2. The number of carbonyl (C=O) groups excluding carboxylic acids is 1. The molecule has 0 unspecified atom stereocenters. The van der Waals surface area contributed by atoms with Gasteiger partial charge in [0.15, 0.2) is 0 Å². The lowest BCUT2D eigenvalue weighted by atomic mass is 10.1. The van der Waals surface area contributed by atoms with E-state index in [1.165, 1.54) is 6.92 Å². The summed E-state index contributed by atoms with van der Waals surface area (Å²) in [7, 11) is 0. The lowest BCUT2D eigenvalue weighted by molar-refractivity contribution is -0.118. The SMILES string of the molecule is CC(=O)NCC#Cc1ccc(C#N)c(OCc2ccccc2)c1. The predicted octanol–water partition coefficient (Wildman–Crippen LogP) is 2.62. The van der Waals surface area contributed by atoms with Gasteiger partial charge in [-0.05, 0) is 23.8 Å². The van der Waals surface area contributed by atoms with E-state index >= 15 is 0 Å². The van der Waals surface area contributed by atoms with Gasteiger partial charge in [0.2, 0.25) is 5.91 Å². The molecule has 4 heteroatoms. The number of nitrogens with one attached hydrogen (secondary N) is 1. The third-order valence-electron chi connectivity index (χ3n) is 3.00. The molecule has 1 amide bonds. The molecule has 2 aromatic carbocycles. The summed E-state index contributed by atoms with van der Waals surface area (Å²) in [6, 6.07) is 17.0. The topological polar surface area (TPSA) is 62.1 Å². The second kappa shape index (κ2) is 8.26. The minimum Gasteiger partial charge on any atom is -0.487 e. The Kier molecular flexibility index (Phi) is 5.80. The van der Waals surface area contributed by atoms with Crippen LogP contribution in [0, 0.1) is 23.2 Å². The van der Waals surface area contributed by atoms with Crippen molar-refractivity contribution in [3.63, 3.8) is 0 Å². The second-order valence-corrected chi connectivity index (χ2v) is 4.81. The lowest BCUT2D eigenvalue weighted by Gasteiger charge is -2.08. The van der Waals surface area contributed by atoms with Crippen LogP contribution in [0.3, 0.4) is 0 Å². The summed E-state index contributed by atoms with van der Waals surface area (Å²) in [5.41, 5.74) is 2.23. The molecule has 0 heterocycles. The summed E-state index contributed by atoms with van der Waals surface area (Å²) in [5, 5.41) is 11.8. The number of rotatable bonds is 4. The van der Waals surface area contributed by atoms with Crippen LogP contribution in [0.25, 0.3) is 0 Å². The zero-order valence-corrected chi connectivity index (χ0v) is 12.8. The van der Waals surface area contributed by atoms with Crippen molar-refractivity contribution in [1.29, 1.82) is 5.26 Å².